The van der Waals surface area contributed by atoms with Crippen LogP contribution in [0.15, 0.2) is 30.3 Å². The van der Waals surface area contributed by atoms with Gasteiger partial charge in [0.1, 0.15) is 0 Å². The summed E-state index contributed by atoms with van der Waals surface area (Å²) in [5.41, 5.74) is 0.969. The Balaban J connectivity index is 1.68. The minimum atomic E-state index is -0.851. The third kappa shape index (κ3) is 3.67. The number of likely N-dealkylation sites (tertiary alicyclic amines) is 2. The fraction of sp³-hybridized carbons (Fsp3) is 0.526. The Bertz CT molecular complexity index is 653. The first-order valence-corrected chi connectivity index (χ1v) is 8.79. The van der Waals surface area contributed by atoms with E-state index >= 15 is 0 Å². The van der Waals surface area contributed by atoms with E-state index in [1.165, 1.54) is 0 Å². The molecular formula is C19H24N2O4. The molecule has 1 N–H and O–H groups in total. The molecule has 0 bridgehead atoms. The van der Waals surface area contributed by atoms with Crippen LogP contribution in [-0.2, 0) is 14.4 Å². The summed E-state index contributed by atoms with van der Waals surface area (Å²) in [5.74, 6) is -1.62. The summed E-state index contributed by atoms with van der Waals surface area (Å²) < 4.78 is 0. The topological polar surface area (TPSA) is 77.9 Å². The van der Waals surface area contributed by atoms with E-state index in [9.17, 15) is 19.5 Å². The molecular weight excluding hydrogens is 320 g/mol. The molecule has 6 heteroatoms. The normalized spacial score (nSPS) is 24.4. The van der Waals surface area contributed by atoms with E-state index in [4.69, 9.17) is 0 Å². The Morgan fingerprint density at radius 2 is 1.64 bits per heavy atom. The predicted octanol–water partition coefficient (Wildman–Crippen LogP) is 1.57. The molecule has 0 aliphatic carbocycles. The number of hydrogen-bond acceptors (Lipinski definition) is 3. The maximum absolute atomic E-state index is 12.9. The second kappa shape index (κ2) is 7.25. The molecule has 0 unspecified atom stereocenters. The fourth-order valence-electron chi connectivity index (χ4n) is 3.97. The van der Waals surface area contributed by atoms with Crippen LogP contribution in [0.4, 0.5) is 0 Å². The van der Waals surface area contributed by atoms with Crippen molar-refractivity contribution in [1.29, 1.82) is 0 Å². The Morgan fingerprint density at radius 1 is 1.00 bits per heavy atom. The first-order chi connectivity index (χ1) is 12.0. The second-order valence-electron chi connectivity index (χ2n) is 6.99. The summed E-state index contributed by atoms with van der Waals surface area (Å²) in [6.07, 6.45) is 1.31. The molecule has 134 valence electrons. The van der Waals surface area contributed by atoms with Gasteiger partial charge in [-0.3, -0.25) is 14.4 Å². The smallest absolute Gasteiger partial charge is 0.308 e. The third-order valence-corrected chi connectivity index (χ3v) is 5.47. The molecule has 2 heterocycles. The lowest BCUT2D eigenvalue weighted by atomic mass is 9.89. The zero-order chi connectivity index (χ0) is 18.0. The molecule has 25 heavy (non-hydrogen) atoms. The fourth-order valence-corrected chi connectivity index (χ4v) is 3.97. The molecule has 0 saturated carbocycles. The molecule has 2 aliphatic heterocycles. The van der Waals surface area contributed by atoms with Crippen LogP contribution < -0.4 is 0 Å². The van der Waals surface area contributed by atoms with E-state index in [0.717, 1.165) is 5.56 Å². The van der Waals surface area contributed by atoms with Crippen LogP contribution in [0.3, 0.4) is 0 Å². The molecule has 0 radical (unpaired) electrons. The van der Waals surface area contributed by atoms with Crippen LogP contribution in [0.2, 0.25) is 0 Å². The van der Waals surface area contributed by atoms with Gasteiger partial charge in [0, 0.05) is 44.9 Å². The summed E-state index contributed by atoms with van der Waals surface area (Å²) >= 11 is 0. The van der Waals surface area contributed by atoms with Gasteiger partial charge in [-0.05, 0) is 18.4 Å². The van der Waals surface area contributed by atoms with Gasteiger partial charge < -0.3 is 14.9 Å². The largest absolute Gasteiger partial charge is 0.481 e. The third-order valence-electron chi connectivity index (χ3n) is 5.47. The van der Waals surface area contributed by atoms with Crippen LogP contribution in [0.1, 0.15) is 31.2 Å². The van der Waals surface area contributed by atoms with Crippen molar-refractivity contribution in [3.8, 4) is 0 Å². The van der Waals surface area contributed by atoms with Crippen molar-refractivity contribution in [3.63, 3.8) is 0 Å². The maximum atomic E-state index is 12.9. The van der Waals surface area contributed by atoms with Crippen molar-refractivity contribution >= 4 is 17.8 Å². The molecule has 6 nitrogen and oxygen atoms in total. The Kier molecular flexibility index (Phi) is 5.06. The highest BCUT2D eigenvalue weighted by molar-refractivity contribution is 5.82. The number of nitrogens with zero attached hydrogens (tertiary/aromatic N) is 2. The number of rotatable bonds is 3. The number of carbonyl (C=O) groups excluding carboxylic acids is 2. The van der Waals surface area contributed by atoms with Gasteiger partial charge in [-0.1, -0.05) is 30.3 Å². The molecule has 2 fully saturated rings. The Labute approximate surface area is 147 Å². The molecule has 0 spiro atoms. The van der Waals surface area contributed by atoms with E-state index in [2.05, 4.69) is 0 Å². The van der Waals surface area contributed by atoms with Crippen LogP contribution in [0, 0.1) is 11.8 Å². The van der Waals surface area contributed by atoms with E-state index < -0.39 is 11.9 Å². The van der Waals surface area contributed by atoms with Gasteiger partial charge in [-0.15, -0.1) is 0 Å². The first-order valence-electron chi connectivity index (χ1n) is 8.79. The zero-order valence-corrected chi connectivity index (χ0v) is 14.4. The lowest BCUT2D eigenvalue weighted by Crippen LogP contribution is -2.43. The lowest BCUT2D eigenvalue weighted by Gasteiger charge is -2.32. The van der Waals surface area contributed by atoms with Crippen molar-refractivity contribution in [3.05, 3.63) is 35.9 Å². The lowest BCUT2D eigenvalue weighted by molar-refractivity contribution is -0.143. The molecule has 3 rings (SSSR count). The van der Waals surface area contributed by atoms with E-state index in [-0.39, 0.29) is 30.2 Å². The van der Waals surface area contributed by atoms with Gasteiger partial charge in [-0.25, -0.2) is 0 Å². The maximum Gasteiger partial charge on any atom is 0.308 e. The van der Waals surface area contributed by atoms with E-state index in [1.54, 1.807) is 16.7 Å². The molecule has 1 aromatic rings. The minimum Gasteiger partial charge on any atom is -0.481 e. The highest BCUT2D eigenvalue weighted by Gasteiger charge is 2.42. The summed E-state index contributed by atoms with van der Waals surface area (Å²) in [7, 11) is 0. The number of carbonyl (C=O) groups is 3. The van der Waals surface area contributed by atoms with Gasteiger partial charge in [0.25, 0.3) is 0 Å². The monoisotopic (exact) mass is 344 g/mol. The van der Waals surface area contributed by atoms with Gasteiger partial charge in [-0.2, -0.15) is 0 Å². The van der Waals surface area contributed by atoms with E-state index in [0.29, 0.717) is 32.5 Å². The number of hydrogen-bond donors (Lipinski definition) is 1. The van der Waals surface area contributed by atoms with Gasteiger partial charge in [0.15, 0.2) is 0 Å². The van der Waals surface area contributed by atoms with Gasteiger partial charge in [0.05, 0.1) is 5.92 Å². The van der Waals surface area contributed by atoms with Crippen LogP contribution >= 0.6 is 0 Å². The summed E-state index contributed by atoms with van der Waals surface area (Å²) in [5, 5.41) is 9.57. The highest BCUT2D eigenvalue weighted by Crippen LogP contribution is 2.34. The predicted molar refractivity (Wildman–Crippen MR) is 91.9 cm³/mol. The minimum absolute atomic E-state index is 0.0351. The quantitative estimate of drug-likeness (QED) is 0.903. The SMILES string of the molecule is CC(=O)N1CCC(C(=O)N2C[C@H](C(=O)O)[C@@H](c3ccccc3)C2)CC1. The molecule has 2 aliphatic rings. The van der Waals surface area contributed by atoms with Crippen molar-refractivity contribution in [2.45, 2.75) is 25.7 Å². The standard InChI is InChI=1S/C19H24N2O4/c1-13(22)20-9-7-15(8-10-20)18(23)21-11-16(17(12-21)19(24)25)14-5-3-2-4-6-14/h2-6,15-17H,7-12H2,1H3,(H,24,25)/t16-,17+/m1/s1. The van der Waals surface area contributed by atoms with Crippen molar-refractivity contribution in [1.82, 2.24) is 9.80 Å². The van der Waals surface area contributed by atoms with Crippen molar-refractivity contribution in [2.75, 3.05) is 26.2 Å². The summed E-state index contributed by atoms with van der Waals surface area (Å²) in [6, 6.07) is 9.56. The second-order valence-corrected chi connectivity index (χ2v) is 6.99. The average Bonchev–Trinajstić information content (AvgIpc) is 3.07. The van der Waals surface area contributed by atoms with Crippen molar-refractivity contribution in [2.24, 2.45) is 11.8 Å². The van der Waals surface area contributed by atoms with Gasteiger partial charge in [0.2, 0.25) is 11.8 Å². The van der Waals surface area contributed by atoms with E-state index in [1.807, 2.05) is 30.3 Å². The van der Waals surface area contributed by atoms with Crippen molar-refractivity contribution < 1.29 is 19.5 Å². The number of carboxylic acids is 1. The van der Waals surface area contributed by atoms with Crippen LogP contribution in [-0.4, -0.2) is 58.9 Å². The number of amides is 2. The Hall–Kier alpha value is -2.37. The van der Waals surface area contributed by atoms with Gasteiger partial charge >= 0.3 is 5.97 Å². The number of carboxylic acid groups (broad SMARTS) is 1. The molecule has 2 saturated heterocycles. The number of benzene rings is 1. The average molecular weight is 344 g/mol. The molecule has 2 amide bonds. The molecule has 0 aromatic heterocycles. The zero-order valence-electron chi connectivity index (χ0n) is 14.4. The number of aliphatic carboxylic acids is 1. The number of piperidine rings is 1. The molecule has 1 aromatic carbocycles. The summed E-state index contributed by atoms with van der Waals surface area (Å²) in [4.78, 5) is 39.4. The summed E-state index contributed by atoms with van der Waals surface area (Å²) in [6.45, 7) is 3.46. The van der Waals surface area contributed by atoms with Crippen LogP contribution in [0.5, 0.6) is 0 Å². The Morgan fingerprint density at radius 3 is 2.20 bits per heavy atom. The first kappa shape index (κ1) is 17.5. The molecule has 2 atom stereocenters. The highest BCUT2D eigenvalue weighted by atomic mass is 16.4. The van der Waals surface area contributed by atoms with Crippen LogP contribution in [0.25, 0.3) is 0 Å².